The van der Waals surface area contributed by atoms with Crippen LogP contribution in [0.4, 0.5) is 0 Å². The molecule has 0 aliphatic carbocycles. The predicted octanol–water partition coefficient (Wildman–Crippen LogP) is 1.76. The number of benzene rings is 1. The summed E-state index contributed by atoms with van der Waals surface area (Å²) in [6.07, 6.45) is 1.72. The van der Waals surface area contributed by atoms with Gasteiger partial charge in [0.25, 0.3) is 0 Å². The molecule has 4 heteroatoms. The number of carboxylic acids is 1. The first kappa shape index (κ1) is 9.71. The van der Waals surface area contributed by atoms with Crippen LogP contribution in [-0.2, 0) is 11.8 Å². The number of carboxylic acid groups (broad SMARTS) is 1. The van der Waals surface area contributed by atoms with E-state index in [1.165, 1.54) is 0 Å². The Morgan fingerprint density at radius 1 is 1.53 bits per heavy atom. The SMILES string of the molecule is CC(C(=O)O)c1ccc2ncn(C)c2c1. The molecule has 0 radical (unpaired) electrons. The van der Waals surface area contributed by atoms with E-state index in [0.29, 0.717) is 0 Å². The van der Waals surface area contributed by atoms with Crippen molar-refractivity contribution in [2.24, 2.45) is 7.05 Å². The third-order valence-corrected chi connectivity index (χ3v) is 2.62. The van der Waals surface area contributed by atoms with Gasteiger partial charge in [-0.3, -0.25) is 4.79 Å². The van der Waals surface area contributed by atoms with E-state index in [9.17, 15) is 4.79 Å². The van der Waals surface area contributed by atoms with E-state index >= 15 is 0 Å². The lowest BCUT2D eigenvalue weighted by molar-refractivity contribution is -0.138. The highest BCUT2D eigenvalue weighted by Crippen LogP contribution is 2.20. The summed E-state index contributed by atoms with van der Waals surface area (Å²) < 4.78 is 1.88. The fraction of sp³-hybridized carbons (Fsp3) is 0.273. The number of aryl methyl sites for hydroxylation is 1. The van der Waals surface area contributed by atoms with Gasteiger partial charge >= 0.3 is 5.97 Å². The van der Waals surface area contributed by atoms with E-state index in [4.69, 9.17) is 5.11 Å². The molecule has 0 fully saturated rings. The minimum Gasteiger partial charge on any atom is -0.481 e. The Hall–Kier alpha value is -1.84. The predicted molar refractivity (Wildman–Crippen MR) is 56.8 cm³/mol. The average Bonchev–Trinajstić information content (AvgIpc) is 2.59. The highest BCUT2D eigenvalue weighted by atomic mass is 16.4. The molecule has 2 aromatic rings. The van der Waals surface area contributed by atoms with Crippen LogP contribution in [0.2, 0.25) is 0 Å². The third-order valence-electron chi connectivity index (χ3n) is 2.62. The van der Waals surface area contributed by atoms with Gasteiger partial charge in [-0.25, -0.2) is 4.98 Å². The first-order valence-electron chi connectivity index (χ1n) is 4.73. The van der Waals surface area contributed by atoms with E-state index in [-0.39, 0.29) is 0 Å². The Morgan fingerprint density at radius 2 is 2.27 bits per heavy atom. The number of rotatable bonds is 2. The van der Waals surface area contributed by atoms with Crippen LogP contribution in [0.15, 0.2) is 24.5 Å². The Kier molecular flexibility index (Phi) is 2.19. The Bertz CT molecular complexity index is 516. The van der Waals surface area contributed by atoms with Gasteiger partial charge < -0.3 is 9.67 Å². The highest BCUT2D eigenvalue weighted by Gasteiger charge is 2.14. The fourth-order valence-corrected chi connectivity index (χ4v) is 1.56. The van der Waals surface area contributed by atoms with Crippen LogP contribution in [0.1, 0.15) is 18.4 Å². The molecule has 0 aliphatic heterocycles. The zero-order chi connectivity index (χ0) is 11.0. The maximum absolute atomic E-state index is 10.8. The second-order valence-electron chi connectivity index (χ2n) is 3.66. The molecular formula is C11H12N2O2. The van der Waals surface area contributed by atoms with Gasteiger partial charge in [-0.1, -0.05) is 6.07 Å². The van der Waals surface area contributed by atoms with Crippen molar-refractivity contribution >= 4 is 17.0 Å². The second kappa shape index (κ2) is 3.38. The molecule has 0 saturated carbocycles. The number of aliphatic carboxylic acids is 1. The van der Waals surface area contributed by atoms with Crippen LogP contribution < -0.4 is 0 Å². The normalized spacial score (nSPS) is 12.9. The standard InChI is InChI=1S/C11H12N2O2/c1-7(11(14)15)8-3-4-9-10(5-8)13(2)6-12-9/h3-7H,1-2H3,(H,14,15). The summed E-state index contributed by atoms with van der Waals surface area (Å²) >= 11 is 0. The molecule has 1 aromatic heterocycles. The van der Waals surface area contributed by atoms with Crippen LogP contribution in [0.25, 0.3) is 11.0 Å². The zero-order valence-corrected chi connectivity index (χ0v) is 8.64. The zero-order valence-electron chi connectivity index (χ0n) is 8.64. The summed E-state index contributed by atoms with van der Waals surface area (Å²) in [4.78, 5) is 15.0. The van der Waals surface area contributed by atoms with Gasteiger partial charge in [-0.15, -0.1) is 0 Å². The topological polar surface area (TPSA) is 55.1 Å². The first-order chi connectivity index (χ1) is 7.09. The summed E-state index contributed by atoms with van der Waals surface area (Å²) in [6, 6.07) is 5.54. The molecule has 1 aromatic carbocycles. The lowest BCUT2D eigenvalue weighted by atomic mass is 10.0. The average molecular weight is 204 g/mol. The molecule has 0 saturated heterocycles. The first-order valence-corrected chi connectivity index (χ1v) is 4.73. The van der Waals surface area contributed by atoms with Crippen molar-refractivity contribution in [2.75, 3.05) is 0 Å². The van der Waals surface area contributed by atoms with Crippen LogP contribution in [-0.4, -0.2) is 20.6 Å². The minimum absolute atomic E-state index is 0.482. The molecule has 0 aliphatic rings. The van der Waals surface area contributed by atoms with Gasteiger partial charge in [0.15, 0.2) is 0 Å². The van der Waals surface area contributed by atoms with E-state index in [2.05, 4.69) is 4.98 Å². The Balaban J connectivity index is 2.54. The summed E-state index contributed by atoms with van der Waals surface area (Å²) in [6.45, 7) is 1.68. The molecule has 78 valence electrons. The van der Waals surface area contributed by atoms with Gasteiger partial charge in [-0.2, -0.15) is 0 Å². The number of hydrogen-bond acceptors (Lipinski definition) is 2. The second-order valence-corrected chi connectivity index (χ2v) is 3.66. The van der Waals surface area contributed by atoms with E-state index in [0.717, 1.165) is 16.6 Å². The maximum atomic E-state index is 10.8. The summed E-state index contributed by atoms with van der Waals surface area (Å²) in [5, 5.41) is 8.90. The van der Waals surface area contributed by atoms with Crippen LogP contribution >= 0.6 is 0 Å². The fourth-order valence-electron chi connectivity index (χ4n) is 1.56. The minimum atomic E-state index is -0.809. The molecule has 0 spiro atoms. The molecule has 1 N–H and O–H groups in total. The van der Waals surface area contributed by atoms with Crippen molar-refractivity contribution in [2.45, 2.75) is 12.8 Å². The van der Waals surface area contributed by atoms with E-state index in [1.54, 1.807) is 13.3 Å². The van der Waals surface area contributed by atoms with Gasteiger partial charge in [0.2, 0.25) is 0 Å². The van der Waals surface area contributed by atoms with Crippen LogP contribution in [0.3, 0.4) is 0 Å². The summed E-state index contributed by atoms with van der Waals surface area (Å²) in [5.41, 5.74) is 2.65. The van der Waals surface area contributed by atoms with Crippen LogP contribution in [0, 0.1) is 0 Å². The Labute approximate surface area is 87.2 Å². The molecule has 15 heavy (non-hydrogen) atoms. The van der Waals surface area contributed by atoms with Crippen molar-refractivity contribution in [3.63, 3.8) is 0 Å². The van der Waals surface area contributed by atoms with Crippen LogP contribution in [0.5, 0.6) is 0 Å². The van der Waals surface area contributed by atoms with E-state index in [1.807, 2.05) is 29.8 Å². The van der Waals surface area contributed by atoms with Gasteiger partial charge in [-0.05, 0) is 24.6 Å². The highest BCUT2D eigenvalue weighted by molar-refractivity contribution is 5.80. The van der Waals surface area contributed by atoms with Crippen molar-refractivity contribution in [1.29, 1.82) is 0 Å². The Morgan fingerprint density at radius 3 is 2.93 bits per heavy atom. The number of imidazole rings is 1. The molecule has 4 nitrogen and oxygen atoms in total. The number of nitrogens with zero attached hydrogens (tertiary/aromatic N) is 2. The molecule has 1 atom stereocenters. The van der Waals surface area contributed by atoms with Crippen molar-refractivity contribution in [3.05, 3.63) is 30.1 Å². The monoisotopic (exact) mass is 204 g/mol. The number of aromatic nitrogens is 2. The van der Waals surface area contributed by atoms with Gasteiger partial charge in [0, 0.05) is 7.05 Å². The molecule has 1 unspecified atom stereocenters. The largest absolute Gasteiger partial charge is 0.481 e. The molecular weight excluding hydrogens is 192 g/mol. The van der Waals surface area contributed by atoms with E-state index < -0.39 is 11.9 Å². The number of carbonyl (C=O) groups is 1. The lowest BCUT2D eigenvalue weighted by Gasteiger charge is -2.06. The van der Waals surface area contributed by atoms with Gasteiger partial charge in [0.1, 0.15) is 0 Å². The third kappa shape index (κ3) is 1.58. The molecule has 0 amide bonds. The van der Waals surface area contributed by atoms with Crippen molar-refractivity contribution in [1.82, 2.24) is 9.55 Å². The van der Waals surface area contributed by atoms with Crippen molar-refractivity contribution < 1.29 is 9.90 Å². The lowest BCUT2D eigenvalue weighted by Crippen LogP contribution is -2.07. The molecule has 0 bridgehead atoms. The molecule has 1 heterocycles. The molecule has 2 rings (SSSR count). The maximum Gasteiger partial charge on any atom is 0.310 e. The summed E-state index contributed by atoms with van der Waals surface area (Å²) in [5.74, 6) is -1.29. The number of fused-ring (bicyclic) bond motifs is 1. The van der Waals surface area contributed by atoms with Gasteiger partial charge in [0.05, 0.1) is 23.3 Å². The smallest absolute Gasteiger partial charge is 0.310 e. The summed E-state index contributed by atoms with van der Waals surface area (Å²) in [7, 11) is 1.89. The van der Waals surface area contributed by atoms with Crippen molar-refractivity contribution in [3.8, 4) is 0 Å². The number of hydrogen-bond donors (Lipinski definition) is 1. The quantitative estimate of drug-likeness (QED) is 0.810.